The first-order valence-electron chi connectivity index (χ1n) is 13.1. The highest BCUT2D eigenvalue weighted by molar-refractivity contribution is 6.30. The number of aryl methyl sites for hydroxylation is 1. The monoisotopic (exact) mass is 515 g/mol. The van der Waals surface area contributed by atoms with Gasteiger partial charge in [-0.2, -0.15) is 0 Å². The summed E-state index contributed by atoms with van der Waals surface area (Å²) in [4.78, 5) is 34.4. The van der Waals surface area contributed by atoms with Gasteiger partial charge in [-0.3, -0.25) is 14.2 Å². The Kier molecular flexibility index (Phi) is 8.78. The smallest absolute Gasteiger partial charge is 0.266 e. The third kappa shape index (κ3) is 5.78. The summed E-state index contributed by atoms with van der Waals surface area (Å²) in [5.74, 6) is 0.335. The van der Waals surface area contributed by atoms with E-state index in [4.69, 9.17) is 16.6 Å². The van der Waals surface area contributed by atoms with Crippen molar-refractivity contribution in [1.29, 1.82) is 0 Å². The standard InChI is InChI=1S/C31H34ClN3O2/c1-4-6-12-21-34(31(37)28(32)24-13-8-7-9-14-24)22(3)29-33-27-16-11-10-15-26(27)30(36)35(29)25-19-17-23(5-2)18-20-25/h7-11,13-20,22,28H,4-6,12,21H2,1-3H3. The molecule has 6 heteroatoms. The number of aromatic nitrogens is 2. The third-order valence-corrected chi connectivity index (χ3v) is 7.28. The Labute approximate surface area is 223 Å². The van der Waals surface area contributed by atoms with Crippen LogP contribution in [0.25, 0.3) is 16.6 Å². The highest BCUT2D eigenvalue weighted by Gasteiger charge is 2.31. The molecule has 5 nitrogen and oxygen atoms in total. The Bertz CT molecular complexity index is 1400. The highest BCUT2D eigenvalue weighted by Crippen LogP contribution is 2.30. The van der Waals surface area contributed by atoms with Crippen LogP contribution < -0.4 is 5.56 Å². The lowest BCUT2D eigenvalue weighted by Crippen LogP contribution is -2.39. The van der Waals surface area contributed by atoms with E-state index in [1.165, 1.54) is 5.56 Å². The van der Waals surface area contributed by atoms with E-state index in [1.54, 1.807) is 15.5 Å². The van der Waals surface area contributed by atoms with E-state index in [0.717, 1.165) is 36.9 Å². The fourth-order valence-electron chi connectivity index (χ4n) is 4.64. The van der Waals surface area contributed by atoms with Gasteiger partial charge in [-0.15, -0.1) is 11.6 Å². The third-order valence-electron chi connectivity index (χ3n) is 6.84. The molecule has 1 amide bonds. The second kappa shape index (κ2) is 12.2. The van der Waals surface area contributed by atoms with Gasteiger partial charge in [0.1, 0.15) is 11.2 Å². The van der Waals surface area contributed by atoms with Crippen molar-refractivity contribution >= 4 is 28.4 Å². The lowest BCUT2D eigenvalue weighted by Gasteiger charge is -2.32. The van der Waals surface area contributed by atoms with Crippen LogP contribution in [0, 0.1) is 0 Å². The van der Waals surface area contributed by atoms with E-state index in [2.05, 4.69) is 13.8 Å². The molecule has 4 aromatic rings. The Morgan fingerprint density at radius 1 is 0.946 bits per heavy atom. The average molecular weight is 516 g/mol. The molecule has 0 N–H and O–H groups in total. The summed E-state index contributed by atoms with van der Waals surface area (Å²) in [5, 5.41) is -0.281. The maximum atomic E-state index is 13.8. The van der Waals surface area contributed by atoms with Crippen LogP contribution >= 0.6 is 11.6 Å². The Hall–Kier alpha value is -3.44. The number of fused-ring (bicyclic) bond motifs is 1. The van der Waals surface area contributed by atoms with Gasteiger partial charge in [0, 0.05) is 6.54 Å². The minimum atomic E-state index is -0.824. The quantitative estimate of drug-likeness (QED) is 0.168. The number of rotatable bonds is 10. The molecule has 192 valence electrons. The first-order valence-corrected chi connectivity index (χ1v) is 13.5. The van der Waals surface area contributed by atoms with Crippen molar-refractivity contribution in [2.75, 3.05) is 6.54 Å². The number of halogens is 1. The number of carbonyl (C=O) groups is 1. The van der Waals surface area contributed by atoms with E-state index >= 15 is 0 Å². The molecule has 0 fully saturated rings. The van der Waals surface area contributed by atoms with Gasteiger partial charge in [0.05, 0.1) is 22.6 Å². The summed E-state index contributed by atoms with van der Waals surface area (Å²) in [6.45, 7) is 6.70. The summed E-state index contributed by atoms with van der Waals surface area (Å²) in [6, 6.07) is 24.2. The summed E-state index contributed by atoms with van der Waals surface area (Å²) in [6.07, 6.45) is 3.77. The molecule has 1 heterocycles. The van der Waals surface area contributed by atoms with Crippen molar-refractivity contribution in [3.63, 3.8) is 0 Å². The van der Waals surface area contributed by atoms with E-state index in [1.807, 2.05) is 79.7 Å². The number of amides is 1. The van der Waals surface area contributed by atoms with Crippen molar-refractivity contribution in [3.8, 4) is 5.69 Å². The zero-order valence-electron chi connectivity index (χ0n) is 21.7. The van der Waals surface area contributed by atoms with Crippen molar-refractivity contribution in [1.82, 2.24) is 14.5 Å². The lowest BCUT2D eigenvalue weighted by molar-refractivity contribution is -0.133. The van der Waals surface area contributed by atoms with Crippen LogP contribution in [0.4, 0.5) is 0 Å². The zero-order chi connectivity index (χ0) is 26.4. The molecule has 0 saturated carbocycles. The van der Waals surface area contributed by atoms with Crippen LogP contribution in [0.5, 0.6) is 0 Å². The average Bonchev–Trinajstić information content (AvgIpc) is 2.95. The second-order valence-electron chi connectivity index (χ2n) is 9.34. The van der Waals surface area contributed by atoms with E-state index in [9.17, 15) is 9.59 Å². The SMILES string of the molecule is CCCCCN(C(=O)C(Cl)c1ccccc1)C(C)c1nc2ccccc2c(=O)n1-c1ccc(CC)cc1. The Morgan fingerprint density at radius 3 is 2.30 bits per heavy atom. The van der Waals surface area contributed by atoms with Gasteiger partial charge in [-0.1, -0.05) is 81.3 Å². The molecule has 0 bridgehead atoms. The molecule has 0 aliphatic heterocycles. The van der Waals surface area contributed by atoms with Gasteiger partial charge in [0.2, 0.25) is 5.91 Å². The summed E-state index contributed by atoms with van der Waals surface area (Å²) >= 11 is 6.73. The fraction of sp³-hybridized carbons (Fsp3) is 0.323. The van der Waals surface area contributed by atoms with Crippen LogP contribution in [0.1, 0.15) is 68.4 Å². The normalized spacial score (nSPS) is 12.9. The van der Waals surface area contributed by atoms with E-state index < -0.39 is 11.4 Å². The van der Waals surface area contributed by atoms with Gasteiger partial charge in [-0.05, 0) is 55.2 Å². The van der Waals surface area contributed by atoms with Crippen LogP contribution in [0.2, 0.25) is 0 Å². The van der Waals surface area contributed by atoms with Crippen LogP contribution in [0.15, 0.2) is 83.7 Å². The largest absolute Gasteiger partial charge is 0.331 e. The molecule has 0 saturated heterocycles. The second-order valence-corrected chi connectivity index (χ2v) is 9.77. The number of carbonyl (C=O) groups excluding carboxylic acids is 1. The highest BCUT2D eigenvalue weighted by atomic mass is 35.5. The number of para-hydroxylation sites is 1. The molecule has 0 aliphatic rings. The van der Waals surface area contributed by atoms with Gasteiger partial charge in [-0.25, -0.2) is 4.98 Å². The maximum Gasteiger partial charge on any atom is 0.266 e. The summed E-state index contributed by atoms with van der Waals surface area (Å²) in [5.41, 5.74) is 3.13. The topological polar surface area (TPSA) is 55.2 Å². The van der Waals surface area contributed by atoms with Crippen molar-refractivity contribution in [3.05, 3.63) is 106 Å². The van der Waals surface area contributed by atoms with Gasteiger partial charge in [0.15, 0.2) is 0 Å². The molecule has 0 radical (unpaired) electrons. The van der Waals surface area contributed by atoms with Crippen LogP contribution in [0.3, 0.4) is 0 Å². The minimum absolute atomic E-state index is 0.150. The van der Waals surface area contributed by atoms with Crippen molar-refractivity contribution in [2.45, 2.75) is 57.9 Å². The maximum absolute atomic E-state index is 13.8. The molecule has 0 spiro atoms. The molecule has 2 unspecified atom stereocenters. The predicted molar refractivity (Wildman–Crippen MR) is 151 cm³/mol. The van der Waals surface area contributed by atoms with Crippen molar-refractivity contribution < 1.29 is 4.79 Å². The van der Waals surface area contributed by atoms with Crippen LogP contribution in [-0.4, -0.2) is 26.9 Å². The molecular weight excluding hydrogens is 482 g/mol. The summed E-state index contributed by atoms with van der Waals surface area (Å²) < 4.78 is 1.65. The fourth-order valence-corrected chi connectivity index (χ4v) is 4.91. The molecule has 4 rings (SSSR count). The summed E-state index contributed by atoms with van der Waals surface area (Å²) in [7, 11) is 0. The predicted octanol–water partition coefficient (Wildman–Crippen LogP) is 7.01. The molecule has 37 heavy (non-hydrogen) atoms. The van der Waals surface area contributed by atoms with E-state index in [0.29, 0.717) is 23.3 Å². The molecular formula is C31H34ClN3O2. The molecule has 2 atom stereocenters. The van der Waals surface area contributed by atoms with Gasteiger partial charge >= 0.3 is 0 Å². The Balaban J connectivity index is 1.84. The number of nitrogens with zero attached hydrogens (tertiary/aromatic N) is 3. The molecule has 3 aromatic carbocycles. The Morgan fingerprint density at radius 2 is 1.62 bits per heavy atom. The van der Waals surface area contributed by atoms with E-state index in [-0.39, 0.29) is 11.5 Å². The van der Waals surface area contributed by atoms with Gasteiger partial charge in [0.25, 0.3) is 5.56 Å². The number of unbranched alkanes of at least 4 members (excludes halogenated alkanes) is 2. The zero-order valence-corrected chi connectivity index (χ0v) is 22.5. The molecule has 0 aliphatic carbocycles. The minimum Gasteiger partial charge on any atom is -0.331 e. The number of hydrogen-bond donors (Lipinski definition) is 0. The van der Waals surface area contributed by atoms with Gasteiger partial charge < -0.3 is 4.90 Å². The number of hydrogen-bond acceptors (Lipinski definition) is 3. The lowest BCUT2D eigenvalue weighted by atomic mass is 10.1. The first kappa shape index (κ1) is 26.6. The van der Waals surface area contributed by atoms with Crippen LogP contribution in [-0.2, 0) is 11.2 Å². The van der Waals surface area contributed by atoms with Crippen molar-refractivity contribution in [2.24, 2.45) is 0 Å². The number of alkyl halides is 1. The number of benzene rings is 3. The molecule has 1 aromatic heterocycles. The first-order chi connectivity index (χ1) is 18.0.